The average molecular weight is 909 g/mol. The number of amides is 2. The fraction of sp³-hybridized carbons (Fsp3) is 0.347. The Hall–Kier alpha value is -5.57. The van der Waals surface area contributed by atoms with Gasteiger partial charge in [0, 0.05) is 28.8 Å². The molecule has 1 heterocycles. The molecule has 4 atom stereocenters. The van der Waals surface area contributed by atoms with Gasteiger partial charge in [0.15, 0.2) is 5.76 Å². The number of furan rings is 1. The van der Waals surface area contributed by atoms with Crippen molar-refractivity contribution in [1.82, 2.24) is 4.90 Å². The quantitative estimate of drug-likeness (QED) is 0.0771. The van der Waals surface area contributed by atoms with Crippen LogP contribution in [0.3, 0.4) is 0 Å². The molecule has 338 valence electrons. The zero-order valence-electron chi connectivity index (χ0n) is 35.0. The number of fused-ring (bicyclic) bond motifs is 8. The number of allylic oxidation sites excluding steroid dienone is 2. The molecule has 3 N–H and O–H groups in total. The first kappa shape index (κ1) is 46.4. The number of aliphatic hydroxyl groups excluding tert-OH is 1. The third-order valence-corrected chi connectivity index (χ3v) is 12.9. The second-order valence-electron chi connectivity index (χ2n) is 17.0. The minimum atomic E-state index is -4.89. The van der Waals surface area contributed by atoms with Gasteiger partial charge in [0.25, 0.3) is 0 Å². The van der Waals surface area contributed by atoms with Crippen molar-refractivity contribution in [3.05, 3.63) is 153 Å². The number of ketones is 1. The molecule has 0 unspecified atom stereocenters. The molecular weight excluding hydrogens is 862 g/mol. The number of para-hydroxylation sites is 1. The highest BCUT2D eigenvalue weighted by Crippen LogP contribution is 2.59. The van der Waals surface area contributed by atoms with E-state index in [4.69, 9.17) is 16.0 Å². The standard InChI is InChI=1S/C49H47ClF6N2O6/c1-30-7-6-23-46(2)40(22-24-47(46,62)29-58(45(61)57-34-8-4-3-5-9-34)28-31-11-16-36(17-12-31)64-49(54,55)56)37-18-13-32(25-35(59)15-10-30)26-38(37)44(60)43-21-20-42(63-43)39-27-33(48(51,52)53)14-19-41(39)50/h3-5,7-9,11-14,16-21,26-27,35,40,59,62H,6,10,15,22-25,28-29H2,1-2H3,(H,57,61)/t35-,40-,46-,47+/m0/s1. The number of benzene rings is 4. The van der Waals surface area contributed by atoms with Crippen molar-refractivity contribution in [3.63, 3.8) is 0 Å². The summed E-state index contributed by atoms with van der Waals surface area (Å²) in [4.78, 5) is 30.3. The first-order valence-electron chi connectivity index (χ1n) is 20.9. The average Bonchev–Trinajstić information content (AvgIpc) is 3.82. The molecular formula is C49H47ClF6N2O6. The maximum absolute atomic E-state index is 14.7. The maximum Gasteiger partial charge on any atom is 0.573 e. The lowest BCUT2D eigenvalue weighted by Crippen LogP contribution is -2.54. The van der Waals surface area contributed by atoms with Gasteiger partial charge >= 0.3 is 18.6 Å². The number of hydrogen-bond donors (Lipinski definition) is 3. The zero-order chi connectivity index (χ0) is 46.0. The molecule has 1 saturated carbocycles. The molecule has 3 aliphatic rings. The Morgan fingerprint density at radius 2 is 1.66 bits per heavy atom. The van der Waals surface area contributed by atoms with Crippen LogP contribution in [-0.4, -0.2) is 51.5 Å². The van der Waals surface area contributed by atoms with Gasteiger partial charge in [-0.15, -0.1) is 13.2 Å². The highest BCUT2D eigenvalue weighted by atomic mass is 35.5. The Morgan fingerprint density at radius 3 is 2.36 bits per heavy atom. The molecule has 15 heteroatoms. The minimum absolute atomic E-state index is 0.0104. The smallest absolute Gasteiger partial charge is 0.453 e. The fourth-order valence-corrected chi connectivity index (χ4v) is 9.29. The normalized spacial score (nSPS) is 21.7. The summed E-state index contributed by atoms with van der Waals surface area (Å²) in [6.07, 6.45) is -5.44. The van der Waals surface area contributed by atoms with E-state index in [1.54, 1.807) is 36.4 Å². The molecule has 1 fully saturated rings. The summed E-state index contributed by atoms with van der Waals surface area (Å²) < 4.78 is 89.9. The Morgan fingerprint density at radius 1 is 0.922 bits per heavy atom. The van der Waals surface area contributed by atoms with Crippen LogP contribution in [0.2, 0.25) is 5.02 Å². The number of alkyl halides is 6. The van der Waals surface area contributed by atoms with Gasteiger partial charge in [0.1, 0.15) is 11.5 Å². The third kappa shape index (κ3) is 10.5. The number of aliphatic hydroxyl groups is 2. The van der Waals surface area contributed by atoms with Crippen LogP contribution < -0.4 is 10.1 Å². The van der Waals surface area contributed by atoms with Crippen LogP contribution in [-0.2, 0) is 19.1 Å². The topological polar surface area (TPSA) is 112 Å². The van der Waals surface area contributed by atoms with Crippen LogP contribution in [0, 0.1) is 5.41 Å². The van der Waals surface area contributed by atoms with Crippen molar-refractivity contribution < 1.29 is 55.3 Å². The molecule has 0 spiro atoms. The summed E-state index contributed by atoms with van der Waals surface area (Å²) in [6, 6.07) is 24.2. The summed E-state index contributed by atoms with van der Waals surface area (Å²) in [7, 11) is 0. The molecule has 64 heavy (non-hydrogen) atoms. The molecule has 4 aromatic carbocycles. The van der Waals surface area contributed by atoms with Gasteiger partial charge in [-0.25, -0.2) is 4.79 Å². The number of carbonyl (C=O) groups excluding carboxylic acids is 2. The van der Waals surface area contributed by atoms with Crippen molar-refractivity contribution in [1.29, 1.82) is 0 Å². The highest BCUT2D eigenvalue weighted by molar-refractivity contribution is 6.33. The number of halogens is 7. The molecule has 8 rings (SSSR count). The number of urea groups is 1. The Labute approximate surface area is 371 Å². The van der Waals surface area contributed by atoms with Gasteiger partial charge in [-0.05, 0) is 135 Å². The van der Waals surface area contributed by atoms with Gasteiger partial charge in [0.05, 0.1) is 28.8 Å². The van der Waals surface area contributed by atoms with Crippen molar-refractivity contribution >= 4 is 29.1 Å². The van der Waals surface area contributed by atoms with Crippen LogP contribution >= 0.6 is 11.6 Å². The predicted octanol–water partition coefficient (Wildman–Crippen LogP) is 12.5. The summed E-state index contributed by atoms with van der Waals surface area (Å²) >= 11 is 6.33. The van der Waals surface area contributed by atoms with Crippen molar-refractivity contribution in [2.24, 2.45) is 5.41 Å². The van der Waals surface area contributed by atoms with E-state index in [-0.39, 0.29) is 53.6 Å². The number of rotatable bonds is 9. The van der Waals surface area contributed by atoms with E-state index in [1.165, 1.54) is 29.2 Å². The van der Waals surface area contributed by atoms with Gasteiger partial charge in [-0.1, -0.05) is 72.6 Å². The second kappa shape index (κ2) is 18.5. The Bertz CT molecular complexity index is 2510. The molecule has 0 aliphatic heterocycles. The lowest BCUT2D eigenvalue weighted by atomic mass is 9.64. The minimum Gasteiger partial charge on any atom is -0.453 e. The van der Waals surface area contributed by atoms with Crippen molar-refractivity contribution in [2.75, 3.05) is 11.9 Å². The summed E-state index contributed by atoms with van der Waals surface area (Å²) in [6.45, 7) is 3.62. The largest absolute Gasteiger partial charge is 0.573 e. The zero-order valence-corrected chi connectivity index (χ0v) is 35.8. The van der Waals surface area contributed by atoms with Crippen molar-refractivity contribution in [2.45, 2.75) is 95.5 Å². The molecule has 3 aliphatic carbocycles. The first-order chi connectivity index (χ1) is 30.2. The fourth-order valence-electron chi connectivity index (χ4n) is 9.08. The first-order valence-corrected chi connectivity index (χ1v) is 21.3. The monoisotopic (exact) mass is 908 g/mol. The predicted molar refractivity (Wildman–Crippen MR) is 230 cm³/mol. The lowest BCUT2D eigenvalue weighted by Gasteiger charge is -2.46. The summed E-state index contributed by atoms with van der Waals surface area (Å²) in [5.41, 5.74) is -0.116. The number of hydrogen-bond acceptors (Lipinski definition) is 6. The van der Waals surface area contributed by atoms with Gasteiger partial charge in [0.2, 0.25) is 5.78 Å². The Kier molecular flexibility index (Phi) is 13.4. The van der Waals surface area contributed by atoms with Gasteiger partial charge in [-0.2, -0.15) is 13.2 Å². The van der Waals surface area contributed by atoms with Crippen LogP contribution in [0.1, 0.15) is 96.7 Å². The number of carbonyl (C=O) groups is 2. The van der Waals surface area contributed by atoms with E-state index in [0.717, 1.165) is 35.9 Å². The molecule has 2 bridgehead atoms. The molecule has 1 aromatic heterocycles. The lowest BCUT2D eigenvalue weighted by molar-refractivity contribution is -0.274. The molecule has 5 aromatic rings. The molecule has 8 nitrogen and oxygen atoms in total. The van der Waals surface area contributed by atoms with E-state index < -0.39 is 58.7 Å². The van der Waals surface area contributed by atoms with E-state index >= 15 is 0 Å². The SMILES string of the molecule is CC1=CCC[C@@]2(C)[C@@H](CC[C@@]2(O)CN(Cc2ccc(OC(F)(F)F)cc2)C(=O)Nc2ccccc2)c2ccc(cc2C(=O)c2ccc(-c3cc(C(F)(F)F)ccc3Cl)o2)C[C@@H](O)CC1. The second-order valence-corrected chi connectivity index (χ2v) is 17.4. The van der Waals surface area contributed by atoms with E-state index in [9.17, 15) is 46.1 Å². The molecule has 0 radical (unpaired) electrons. The van der Waals surface area contributed by atoms with Crippen LogP contribution in [0.4, 0.5) is 36.8 Å². The number of ether oxygens (including phenoxy) is 1. The number of nitrogens with zero attached hydrogens (tertiary/aromatic N) is 1. The molecule has 2 amide bonds. The Balaban J connectivity index is 1.27. The van der Waals surface area contributed by atoms with Gasteiger partial charge < -0.3 is 29.6 Å². The maximum atomic E-state index is 14.7. The van der Waals surface area contributed by atoms with Gasteiger partial charge in [-0.3, -0.25) is 4.79 Å². The third-order valence-electron chi connectivity index (χ3n) is 12.6. The van der Waals surface area contributed by atoms with E-state index in [0.29, 0.717) is 54.5 Å². The van der Waals surface area contributed by atoms with E-state index in [1.807, 2.05) is 26.0 Å². The number of nitrogens with one attached hydrogen (secondary N) is 1. The van der Waals surface area contributed by atoms with Crippen LogP contribution in [0.15, 0.2) is 119 Å². The van der Waals surface area contributed by atoms with Crippen LogP contribution in [0.25, 0.3) is 11.3 Å². The van der Waals surface area contributed by atoms with Crippen LogP contribution in [0.5, 0.6) is 5.75 Å². The van der Waals surface area contributed by atoms with Crippen molar-refractivity contribution in [3.8, 4) is 17.1 Å². The summed E-state index contributed by atoms with van der Waals surface area (Å²) in [5.74, 6) is -1.69. The summed E-state index contributed by atoms with van der Waals surface area (Å²) in [5, 5.41) is 27.0. The molecule has 0 saturated heterocycles. The van der Waals surface area contributed by atoms with E-state index in [2.05, 4.69) is 16.1 Å². The number of anilines is 1. The highest BCUT2D eigenvalue weighted by Gasteiger charge is 2.58.